The van der Waals surface area contributed by atoms with Crippen molar-refractivity contribution in [2.24, 2.45) is 0 Å². The summed E-state index contributed by atoms with van der Waals surface area (Å²) in [6.07, 6.45) is -0.904. The predicted octanol–water partition coefficient (Wildman–Crippen LogP) is 4.12. The van der Waals surface area contributed by atoms with Gasteiger partial charge in [0.2, 0.25) is 0 Å². The van der Waals surface area contributed by atoms with Gasteiger partial charge in [-0.3, -0.25) is 0 Å². The maximum atomic E-state index is 13.8. The summed E-state index contributed by atoms with van der Waals surface area (Å²) in [4.78, 5) is 0. The molecule has 0 radical (unpaired) electrons. The van der Waals surface area contributed by atoms with Crippen LogP contribution in [0.25, 0.3) is 0 Å². The summed E-state index contributed by atoms with van der Waals surface area (Å²) in [6, 6.07) is 8.85. The van der Waals surface area contributed by atoms with E-state index in [1.54, 1.807) is 19.1 Å². The lowest BCUT2D eigenvalue weighted by molar-refractivity contribution is 0.194. The first kappa shape index (κ1) is 13.5. The molecule has 0 saturated heterocycles. The highest BCUT2D eigenvalue weighted by Gasteiger charge is 2.16. The molecule has 0 aliphatic carbocycles. The molecule has 100 valence electrons. The summed E-state index contributed by atoms with van der Waals surface area (Å²) in [5.74, 6) is -1.39. The molecule has 0 bridgehead atoms. The number of aryl methyl sites for hydroxylation is 1. The van der Waals surface area contributed by atoms with E-state index >= 15 is 0 Å². The van der Waals surface area contributed by atoms with Crippen molar-refractivity contribution in [1.82, 2.24) is 0 Å². The number of aliphatic hydroxyl groups is 1. The number of benzene rings is 2. The zero-order valence-electron chi connectivity index (χ0n) is 10.7. The lowest BCUT2D eigenvalue weighted by atomic mass is 10.1. The SMILES string of the molecule is Cc1cccc(Oc2c(F)cccc2[C@@H](C)O)c1F. The summed E-state index contributed by atoms with van der Waals surface area (Å²) in [6.45, 7) is 3.09. The molecule has 0 unspecified atom stereocenters. The van der Waals surface area contributed by atoms with E-state index in [0.717, 1.165) is 0 Å². The maximum Gasteiger partial charge on any atom is 0.168 e. The Morgan fingerprint density at radius 2 is 1.79 bits per heavy atom. The van der Waals surface area contributed by atoms with Gasteiger partial charge in [0.25, 0.3) is 0 Å². The Labute approximate surface area is 110 Å². The average molecular weight is 264 g/mol. The van der Waals surface area contributed by atoms with Gasteiger partial charge in [-0.05, 0) is 31.5 Å². The van der Waals surface area contributed by atoms with E-state index in [1.165, 1.54) is 31.2 Å². The second kappa shape index (κ2) is 5.36. The molecule has 2 nitrogen and oxygen atoms in total. The largest absolute Gasteiger partial charge is 0.451 e. The van der Waals surface area contributed by atoms with Crippen molar-refractivity contribution in [3.8, 4) is 11.5 Å². The minimum Gasteiger partial charge on any atom is -0.451 e. The molecule has 2 aromatic carbocycles. The Morgan fingerprint density at radius 1 is 1.11 bits per heavy atom. The summed E-state index contributed by atoms with van der Waals surface area (Å²) in [7, 11) is 0. The summed E-state index contributed by atoms with van der Waals surface area (Å²) in [5.41, 5.74) is 0.688. The Balaban J connectivity index is 2.46. The van der Waals surface area contributed by atoms with Gasteiger partial charge in [-0.2, -0.15) is 0 Å². The van der Waals surface area contributed by atoms with Gasteiger partial charge in [-0.1, -0.05) is 24.3 Å². The molecule has 19 heavy (non-hydrogen) atoms. The number of aliphatic hydroxyl groups excluding tert-OH is 1. The van der Waals surface area contributed by atoms with Gasteiger partial charge in [0.05, 0.1) is 6.10 Å². The fraction of sp³-hybridized carbons (Fsp3) is 0.200. The number of hydrogen-bond donors (Lipinski definition) is 1. The van der Waals surface area contributed by atoms with Gasteiger partial charge in [0.1, 0.15) is 0 Å². The second-order valence-corrected chi connectivity index (χ2v) is 4.32. The third kappa shape index (κ3) is 2.74. The maximum absolute atomic E-state index is 13.8. The fourth-order valence-corrected chi connectivity index (χ4v) is 1.77. The molecule has 1 N–H and O–H groups in total. The van der Waals surface area contributed by atoms with Gasteiger partial charge in [0, 0.05) is 5.56 Å². The summed E-state index contributed by atoms with van der Waals surface area (Å²) < 4.78 is 32.9. The van der Waals surface area contributed by atoms with Crippen LogP contribution in [-0.4, -0.2) is 5.11 Å². The second-order valence-electron chi connectivity index (χ2n) is 4.32. The quantitative estimate of drug-likeness (QED) is 0.903. The smallest absolute Gasteiger partial charge is 0.168 e. The van der Waals surface area contributed by atoms with Crippen molar-refractivity contribution in [2.75, 3.05) is 0 Å². The van der Waals surface area contributed by atoms with Crippen LogP contribution in [-0.2, 0) is 0 Å². The van der Waals surface area contributed by atoms with Crippen LogP contribution in [0.4, 0.5) is 8.78 Å². The zero-order chi connectivity index (χ0) is 14.0. The lowest BCUT2D eigenvalue weighted by Gasteiger charge is -2.14. The summed E-state index contributed by atoms with van der Waals surface area (Å²) >= 11 is 0. The minimum atomic E-state index is -0.904. The van der Waals surface area contributed by atoms with Crippen molar-refractivity contribution >= 4 is 0 Å². The number of ether oxygens (including phenoxy) is 1. The predicted molar refractivity (Wildman–Crippen MR) is 68.2 cm³/mol. The molecule has 2 rings (SSSR count). The molecular formula is C15H14F2O2. The molecule has 2 aromatic rings. The Morgan fingerprint density at radius 3 is 2.47 bits per heavy atom. The standard InChI is InChI=1S/C15H14F2O2/c1-9-5-3-8-13(14(9)17)19-15-11(10(2)18)6-4-7-12(15)16/h3-8,10,18H,1-2H3/t10-/m1/s1. The number of para-hydroxylation sites is 1. The van der Waals surface area contributed by atoms with Crippen LogP contribution in [0.15, 0.2) is 36.4 Å². The van der Waals surface area contributed by atoms with E-state index < -0.39 is 17.7 Å². The Hall–Kier alpha value is -1.94. The van der Waals surface area contributed by atoms with Crippen molar-refractivity contribution in [3.63, 3.8) is 0 Å². The fourth-order valence-electron chi connectivity index (χ4n) is 1.77. The number of rotatable bonds is 3. The van der Waals surface area contributed by atoms with Crippen LogP contribution in [0.1, 0.15) is 24.2 Å². The molecule has 0 amide bonds. The Bertz CT molecular complexity index is 595. The normalized spacial score (nSPS) is 12.3. The van der Waals surface area contributed by atoms with Crippen LogP contribution in [0, 0.1) is 18.6 Å². The highest BCUT2D eigenvalue weighted by Crippen LogP contribution is 2.33. The van der Waals surface area contributed by atoms with Gasteiger partial charge in [-0.15, -0.1) is 0 Å². The van der Waals surface area contributed by atoms with Crippen LogP contribution < -0.4 is 4.74 Å². The van der Waals surface area contributed by atoms with Crippen molar-refractivity contribution in [3.05, 3.63) is 59.2 Å². The molecule has 0 fully saturated rings. The van der Waals surface area contributed by atoms with Gasteiger partial charge in [0.15, 0.2) is 23.1 Å². The van der Waals surface area contributed by atoms with Crippen LogP contribution in [0.5, 0.6) is 11.5 Å². The van der Waals surface area contributed by atoms with Gasteiger partial charge < -0.3 is 9.84 Å². The van der Waals surface area contributed by atoms with Crippen molar-refractivity contribution < 1.29 is 18.6 Å². The monoisotopic (exact) mass is 264 g/mol. The first-order valence-electron chi connectivity index (χ1n) is 5.90. The van der Waals surface area contributed by atoms with Gasteiger partial charge in [-0.25, -0.2) is 8.78 Å². The van der Waals surface area contributed by atoms with Crippen molar-refractivity contribution in [1.29, 1.82) is 0 Å². The molecule has 0 aliphatic rings. The van der Waals surface area contributed by atoms with E-state index in [9.17, 15) is 13.9 Å². The molecule has 0 saturated carbocycles. The number of hydrogen-bond acceptors (Lipinski definition) is 2. The van der Waals surface area contributed by atoms with E-state index in [2.05, 4.69) is 0 Å². The zero-order valence-corrected chi connectivity index (χ0v) is 10.7. The average Bonchev–Trinajstić information content (AvgIpc) is 2.36. The van der Waals surface area contributed by atoms with E-state index in [-0.39, 0.29) is 17.1 Å². The molecule has 0 aliphatic heterocycles. The third-order valence-electron chi connectivity index (χ3n) is 2.82. The molecule has 1 atom stereocenters. The highest BCUT2D eigenvalue weighted by atomic mass is 19.1. The highest BCUT2D eigenvalue weighted by molar-refractivity contribution is 5.41. The third-order valence-corrected chi connectivity index (χ3v) is 2.82. The van der Waals surface area contributed by atoms with E-state index in [4.69, 9.17) is 4.74 Å². The topological polar surface area (TPSA) is 29.5 Å². The summed E-state index contributed by atoms with van der Waals surface area (Å²) in [5, 5.41) is 9.59. The van der Waals surface area contributed by atoms with E-state index in [1.807, 2.05) is 0 Å². The van der Waals surface area contributed by atoms with Crippen LogP contribution in [0.3, 0.4) is 0 Å². The molecule has 0 spiro atoms. The van der Waals surface area contributed by atoms with Crippen LogP contribution >= 0.6 is 0 Å². The molecule has 0 heterocycles. The van der Waals surface area contributed by atoms with Crippen LogP contribution in [0.2, 0.25) is 0 Å². The lowest BCUT2D eigenvalue weighted by Crippen LogP contribution is -2.00. The first-order chi connectivity index (χ1) is 9.00. The first-order valence-corrected chi connectivity index (χ1v) is 5.90. The van der Waals surface area contributed by atoms with Gasteiger partial charge >= 0.3 is 0 Å². The molecular weight excluding hydrogens is 250 g/mol. The van der Waals surface area contributed by atoms with Crippen molar-refractivity contribution in [2.45, 2.75) is 20.0 Å². The molecule has 4 heteroatoms. The Kier molecular flexibility index (Phi) is 3.81. The molecule has 0 aromatic heterocycles. The minimum absolute atomic E-state index is 0.0630. The van der Waals surface area contributed by atoms with E-state index in [0.29, 0.717) is 5.56 Å². The number of halogens is 2.